The Hall–Kier alpha value is -2.55. The van der Waals surface area contributed by atoms with Crippen molar-refractivity contribution in [2.24, 2.45) is 0 Å². The van der Waals surface area contributed by atoms with Crippen molar-refractivity contribution < 1.29 is 0 Å². The van der Waals surface area contributed by atoms with E-state index in [-0.39, 0.29) is 0 Å². The Morgan fingerprint density at radius 3 is 2.22 bits per heavy atom. The highest BCUT2D eigenvalue weighted by Crippen LogP contribution is 2.30. The van der Waals surface area contributed by atoms with E-state index in [0.717, 1.165) is 16.7 Å². The molecule has 1 aromatic heterocycles. The van der Waals surface area contributed by atoms with E-state index in [0.29, 0.717) is 0 Å². The Morgan fingerprint density at radius 2 is 1.50 bits per heavy atom. The van der Waals surface area contributed by atoms with E-state index in [1.165, 1.54) is 5.56 Å². The first kappa shape index (κ1) is 10.6. The minimum Gasteiger partial charge on any atom is -0.138 e. The third kappa shape index (κ3) is 1.98. The molecule has 2 aromatic carbocycles. The summed E-state index contributed by atoms with van der Waals surface area (Å²) in [4.78, 5) is 0. The molecule has 0 aliphatic heterocycles. The lowest BCUT2D eigenvalue weighted by Gasteiger charge is -2.08. The molecule has 0 fully saturated rings. The van der Waals surface area contributed by atoms with Crippen molar-refractivity contribution in [2.75, 3.05) is 0 Å². The Balaban J connectivity index is 2.18. The fourth-order valence-electron chi connectivity index (χ4n) is 1.93. The van der Waals surface area contributed by atoms with Gasteiger partial charge in [-0.15, -0.1) is 10.2 Å². The van der Waals surface area contributed by atoms with Crippen molar-refractivity contribution in [3.8, 4) is 22.3 Å². The molecule has 3 aromatic rings. The SMILES string of the molecule is [c]1nnncc1-c1ccccc1-c1ccccc1. The molecule has 18 heavy (non-hydrogen) atoms. The highest BCUT2D eigenvalue weighted by molar-refractivity contribution is 5.82. The van der Waals surface area contributed by atoms with Crippen molar-refractivity contribution in [1.82, 2.24) is 15.4 Å². The first-order valence-electron chi connectivity index (χ1n) is 5.66. The summed E-state index contributed by atoms with van der Waals surface area (Å²) in [5.41, 5.74) is 4.22. The second-order valence-corrected chi connectivity index (χ2v) is 3.87. The monoisotopic (exact) mass is 232 g/mol. The van der Waals surface area contributed by atoms with Gasteiger partial charge < -0.3 is 0 Å². The highest BCUT2D eigenvalue weighted by Gasteiger charge is 2.06. The topological polar surface area (TPSA) is 38.7 Å². The summed E-state index contributed by atoms with van der Waals surface area (Å²) in [5.74, 6) is 0. The zero-order valence-corrected chi connectivity index (χ0v) is 9.62. The molecule has 3 heteroatoms. The van der Waals surface area contributed by atoms with Gasteiger partial charge in [-0.3, -0.25) is 0 Å². The van der Waals surface area contributed by atoms with E-state index in [1.807, 2.05) is 36.4 Å². The van der Waals surface area contributed by atoms with E-state index < -0.39 is 0 Å². The fraction of sp³-hybridized carbons (Fsp3) is 0. The van der Waals surface area contributed by atoms with Crippen LogP contribution in [0.25, 0.3) is 22.3 Å². The Kier molecular flexibility index (Phi) is 2.80. The van der Waals surface area contributed by atoms with Gasteiger partial charge in [0.25, 0.3) is 0 Å². The van der Waals surface area contributed by atoms with E-state index in [9.17, 15) is 0 Å². The molecular formula is C15H10N3. The average Bonchev–Trinajstić information content (AvgIpc) is 2.49. The van der Waals surface area contributed by atoms with Crippen LogP contribution in [0, 0.1) is 6.20 Å². The molecule has 0 aliphatic rings. The maximum atomic E-state index is 3.80. The normalized spacial score (nSPS) is 10.2. The van der Waals surface area contributed by atoms with Gasteiger partial charge in [-0.2, -0.15) is 0 Å². The third-order valence-electron chi connectivity index (χ3n) is 2.76. The lowest BCUT2D eigenvalue weighted by molar-refractivity contribution is 0.862. The number of aromatic nitrogens is 3. The molecule has 3 rings (SSSR count). The summed E-state index contributed by atoms with van der Waals surface area (Å²) in [6.45, 7) is 0. The van der Waals surface area contributed by atoms with Crippen LogP contribution in [0.5, 0.6) is 0 Å². The van der Waals surface area contributed by atoms with Gasteiger partial charge >= 0.3 is 0 Å². The fourth-order valence-corrected chi connectivity index (χ4v) is 1.93. The van der Waals surface area contributed by atoms with E-state index in [1.54, 1.807) is 6.20 Å². The van der Waals surface area contributed by atoms with Crippen LogP contribution < -0.4 is 0 Å². The summed E-state index contributed by atoms with van der Waals surface area (Å²) >= 11 is 0. The van der Waals surface area contributed by atoms with Gasteiger partial charge in [-0.25, -0.2) is 0 Å². The molecular weight excluding hydrogens is 222 g/mol. The van der Waals surface area contributed by atoms with Crippen molar-refractivity contribution in [2.45, 2.75) is 0 Å². The summed E-state index contributed by atoms with van der Waals surface area (Å²) in [6, 6.07) is 18.4. The average molecular weight is 232 g/mol. The molecule has 0 atom stereocenters. The van der Waals surface area contributed by atoms with Gasteiger partial charge in [-0.1, -0.05) is 54.6 Å². The summed E-state index contributed by atoms with van der Waals surface area (Å²) < 4.78 is 0. The molecule has 0 saturated carbocycles. The minimum atomic E-state index is 0.851. The van der Waals surface area contributed by atoms with Crippen molar-refractivity contribution in [3.05, 3.63) is 67.0 Å². The van der Waals surface area contributed by atoms with Gasteiger partial charge in [0.2, 0.25) is 0 Å². The van der Waals surface area contributed by atoms with Crippen LogP contribution in [-0.2, 0) is 0 Å². The summed E-state index contributed by atoms with van der Waals surface area (Å²) in [7, 11) is 0. The second kappa shape index (κ2) is 4.75. The Morgan fingerprint density at radius 1 is 0.778 bits per heavy atom. The molecule has 0 saturated heterocycles. The first-order valence-corrected chi connectivity index (χ1v) is 5.66. The molecule has 0 spiro atoms. The second-order valence-electron chi connectivity index (χ2n) is 3.87. The number of benzene rings is 2. The van der Waals surface area contributed by atoms with Crippen LogP contribution in [0.2, 0.25) is 0 Å². The molecule has 0 amide bonds. The number of nitrogens with zero attached hydrogens (tertiary/aromatic N) is 3. The van der Waals surface area contributed by atoms with E-state index in [4.69, 9.17) is 0 Å². The smallest absolute Gasteiger partial charge is 0.125 e. The quantitative estimate of drug-likeness (QED) is 0.681. The van der Waals surface area contributed by atoms with Gasteiger partial charge in [-0.05, 0) is 21.9 Å². The maximum absolute atomic E-state index is 3.80. The lowest BCUT2D eigenvalue weighted by atomic mass is 9.96. The van der Waals surface area contributed by atoms with Gasteiger partial charge in [0, 0.05) is 5.56 Å². The Bertz CT molecular complexity index is 578. The molecule has 85 valence electrons. The molecule has 1 heterocycles. The standard InChI is InChI=1S/C15H10N3/c1-2-6-12(7-3-1)14-8-4-5-9-15(14)13-10-16-18-17-11-13/h1-10H. The zero-order chi connectivity index (χ0) is 12.2. The maximum Gasteiger partial charge on any atom is 0.125 e. The van der Waals surface area contributed by atoms with E-state index >= 15 is 0 Å². The van der Waals surface area contributed by atoms with Crippen molar-refractivity contribution >= 4 is 0 Å². The van der Waals surface area contributed by atoms with Crippen LogP contribution in [0.1, 0.15) is 0 Å². The molecule has 0 N–H and O–H groups in total. The molecule has 0 unspecified atom stereocenters. The number of hydrogen-bond acceptors (Lipinski definition) is 3. The van der Waals surface area contributed by atoms with Gasteiger partial charge in [0.15, 0.2) is 0 Å². The van der Waals surface area contributed by atoms with Gasteiger partial charge in [0.05, 0.1) is 6.20 Å². The minimum absolute atomic E-state index is 0.851. The first-order chi connectivity index (χ1) is 8.95. The third-order valence-corrected chi connectivity index (χ3v) is 2.76. The van der Waals surface area contributed by atoms with Crippen molar-refractivity contribution in [3.63, 3.8) is 0 Å². The Labute approximate surface area is 105 Å². The molecule has 1 radical (unpaired) electrons. The predicted molar refractivity (Wildman–Crippen MR) is 69.5 cm³/mol. The zero-order valence-electron chi connectivity index (χ0n) is 9.62. The molecule has 0 bridgehead atoms. The van der Waals surface area contributed by atoms with Crippen molar-refractivity contribution in [1.29, 1.82) is 0 Å². The molecule has 3 nitrogen and oxygen atoms in total. The van der Waals surface area contributed by atoms with Crippen LogP contribution in [-0.4, -0.2) is 15.4 Å². The van der Waals surface area contributed by atoms with E-state index in [2.05, 4.69) is 39.8 Å². The van der Waals surface area contributed by atoms with Gasteiger partial charge in [0.1, 0.15) is 6.20 Å². The van der Waals surface area contributed by atoms with Crippen LogP contribution >= 0.6 is 0 Å². The molecule has 0 aliphatic carbocycles. The van der Waals surface area contributed by atoms with Crippen LogP contribution in [0.4, 0.5) is 0 Å². The summed E-state index contributed by atoms with van der Waals surface area (Å²) in [5, 5.41) is 11.0. The largest absolute Gasteiger partial charge is 0.138 e. The van der Waals surface area contributed by atoms with Crippen LogP contribution in [0.3, 0.4) is 0 Å². The predicted octanol–water partition coefficient (Wildman–Crippen LogP) is 3.01. The summed E-state index contributed by atoms with van der Waals surface area (Å²) in [6.07, 6.45) is 4.55. The highest BCUT2D eigenvalue weighted by atomic mass is 15.3. The number of hydrogen-bond donors (Lipinski definition) is 0. The lowest BCUT2D eigenvalue weighted by Crippen LogP contribution is -1.90. The van der Waals surface area contributed by atoms with Crippen LogP contribution in [0.15, 0.2) is 60.8 Å². The number of rotatable bonds is 2.